The smallest absolute Gasteiger partial charge is 0.294 e. The van der Waals surface area contributed by atoms with Crippen LogP contribution in [-0.2, 0) is 0 Å². The number of nitrogens with two attached hydrogens (primary N) is 1. The molecule has 5 nitrogen and oxygen atoms in total. The molecule has 0 aliphatic rings. The molecule has 0 aliphatic carbocycles. The van der Waals surface area contributed by atoms with Gasteiger partial charge in [0.15, 0.2) is 5.75 Å². The van der Waals surface area contributed by atoms with Gasteiger partial charge in [0, 0.05) is 11.1 Å². The summed E-state index contributed by atoms with van der Waals surface area (Å²) in [4.78, 5) is 14.8. The monoisotopic (exact) mass is 328 g/mol. The van der Waals surface area contributed by atoms with E-state index in [0.717, 1.165) is 12.8 Å². The molecule has 0 spiro atoms. The SMILES string of the molecule is CC(C)=CCCC(C)=CCOc1c(O)c2ccc(N)cc2[nH]c1=O. The van der Waals surface area contributed by atoms with Gasteiger partial charge in [0.05, 0.1) is 5.52 Å². The molecule has 4 N–H and O–H groups in total. The number of H-pyrrole nitrogens is 1. The third-order valence-corrected chi connectivity index (χ3v) is 3.72. The van der Waals surface area contributed by atoms with E-state index in [0.29, 0.717) is 16.6 Å². The largest absolute Gasteiger partial charge is 0.504 e. The lowest BCUT2D eigenvalue weighted by Gasteiger charge is -2.09. The van der Waals surface area contributed by atoms with Crippen molar-refractivity contribution >= 4 is 16.6 Å². The van der Waals surface area contributed by atoms with Gasteiger partial charge in [0.2, 0.25) is 5.75 Å². The van der Waals surface area contributed by atoms with Crippen LogP contribution in [-0.4, -0.2) is 16.7 Å². The molecule has 1 aromatic carbocycles. The van der Waals surface area contributed by atoms with Gasteiger partial charge in [0.1, 0.15) is 6.61 Å². The number of nitrogen functional groups attached to an aromatic ring is 1. The van der Waals surface area contributed by atoms with Crippen LogP contribution >= 0.6 is 0 Å². The minimum atomic E-state index is -0.471. The summed E-state index contributed by atoms with van der Waals surface area (Å²) in [6.07, 6.45) is 6.02. The van der Waals surface area contributed by atoms with Crippen molar-refractivity contribution in [2.75, 3.05) is 12.3 Å². The van der Waals surface area contributed by atoms with E-state index < -0.39 is 5.56 Å². The number of anilines is 1. The average Bonchev–Trinajstić information content (AvgIpc) is 2.49. The van der Waals surface area contributed by atoms with Gasteiger partial charge in [0.25, 0.3) is 5.56 Å². The van der Waals surface area contributed by atoms with Crippen molar-refractivity contribution in [3.63, 3.8) is 0 Å². The Morgan fingerprint density at radius 2 is 2.04 bits per heavy atom. The zero-order valence-corrected chi connectivity index (χ0v) is 14.3. The van der Waals surface area contributed by atoms with Gasteiger partial charge in [-0.15, -0.1) is 0 Å². The molecule has 0 aliphatic heterocycles. The van der Waals surface area contributed by atoms with Crippen LogP contribution < -0.4 is 16.0 Å². The van der Waals surface area contributed by atoms with E-state index in [4.69, 9.17) is 10.5 Å². The van der Waals surface area contributed by atoms with Crippen molar-refractivity contribution in [3.05, 3.63) is 51.9 Å². The van der Waals surface area contributed by atoms with E-state index in [-0.39, 0.29) is 18.1 Å². The van der Waals surface area contributed by atoms with Gasteiger partial charge < -0.3 is 20.6 Å². The number of aromatic amines is 1. The Balaban J connectivity index is 2.11. The van der Waals surface area contributed by atoms with Crippen LogP contribution in [0.4, 0.5) is 5.69 Å². The number of ether oxygens (including phenoxy) is 1. The molecule has 0 fully saturated rings. The lowest BCUT2D eigenvalue weighted by molar-refractivity contribution is 0.332. The second-order valence-electron chi connectivity index (χ2n) is 6.12. The number of aromatic hydroxyl groups is 1. The predicted molar refractivity (Wildman–Crippen MR) is 98.6 cm³/mol. The number of fused-ring (bicyclic) bond motifs is 1. The third-order valence-electron chi connectivity index (χ3n) is 3.72. The van der Waals surface area contributed by atoms with Crippen molar-refractivity contribution < 1.29 is 9.84 Å². The van der Waals surface area contributed by atoms with E-state index in [2.05, 4.69) is 24.9 Å². The fraction of sp³-hybridized carbons (Fsp3) is 0.316. The highest BCUT2D eigenvalue weighted by molar-refractivity contribution is 5.88. The lowest BCUT2D eigenvalue weighted by atomic mass is 10.1. The first-order valence-corrected chi connectivity index (χ1v) is 7.94. The van der Waals surface area contributed by atoms with Crippen molar-refractivity contribution in [1.82, 2.24) is 4.98 Å². The number of nitrogens with one attached hydrogen (secondary N) is 1. The van der Waals surface area contributed by atoms with E-state index in [1.54, 1.807) is 18.2 Å². The zero-order chi connectivity index (χ0) is 17.7. The summed E-state index contributed by atoms with van der Waals surface area (Å²) >= 11 is 0. The summed E-state index contributed by atoms with van der Waals surface area (Å²) in [5.41, 5.74) is 8.69. The van der Waals surface area contributed by atoms with E-state index >= 15 is 0 Å². The number of allylic oxidation sites excluding steroid dienone is 3. The first-order valence-electron chi connectivity index (χ1n) is 7.94. The van der Waals surface area contributed by atoms with Crippen molar-refractivity contribution in [3.8, 4) is 11.5 Å². The molecule has 1 heterocycles. The Morgan fingerprint density at radius 3 is 2.75 bits per heavy atom. The number of hydrogen-bond donors (Lipinski definition) is 3. The Morgan fingerprint density at radius 1 is 1.29 bits per heavy atom. The molecule has 2 aromatic rings. The molecule has 0 bridgehead atoms. The molecule has 0 saturated carbocycles. The van der Waals surface area contributed by atoms with Crippen LogP contribution in [0.3, 0.4) is 0 Å². The molecule has 1 aromatic heterocycles. The predicted octanol–water partition coefficient (Wildman–Crippen LogP) is 3.89. The zero-order valence-electron chi connectivity index (χ0n) is 14.3. The van der Waals surface area contributed by atoms with Crippen LogP contribution in [0.2, 0.25) is 0 Å². The standard InChI is InChI=1S/C19H24N2O3/c1-12(2)5-4-6-13(3)9-10-24-18-17(22)15-8-7-14(20)11-16(15)21-19(18)23/h5,7-9,11H,4,6,10,20H2,1-3H3,(H2,21,22,23). The van der Waals surface area contributed by atoms with Gasteiger partial charge in [-0.25, -0.2) is 0 Å². The second-order valence-corrected chi connectivity index (χ2v) is 6.12. The van der Waals surface area contributed by atoms with Gasteiger partial charge in [-0.05, 0) is 57.9 Å². The number of benzene rings is 1. The maximum absolute atomic E-state index is 12.1. The quantitative estimate of drug-likeness (QED) is 0.554. The maximum atomic E-state index is 12.1. The Kier molecular flexibility index (Phi) is 5.68. The first kappa shape index (κ1) is 17.7. The molecule has 5 heteroatoms. The third kappa shape index (κ3) is 4.41. The number of aromatic nitrogens is 1. The molecule has 0 atom stereocenters. The van der Waals surface area contributed by atoms with E-state index in [1.165, 1.54) is 11.1 Å². The summed E-state index contributed by atoms with van der Waals surface area (Å²) < 4.78 is 5.49. The van der Waals surface area contributed by atoms with Gasteiger partial charge in [-0.1, -0.05) is 17.2 Å². The molecular formula is C19H24N2O3. The van der Waals surface area contributed by atoms with Crippen LogP contribution in [0.25, 0.3) is 10.9 Å². The Bertz CT molecular complexity index is 844. The highest BCUT2D eigenvalue weighted by atomic mass is 16.5. The maximum Gasteiger partial charge on any atom is 0.294 e. The molecule has 0 saturated heterocycles. The molecule has 24 heavy (non-hydrogen) atoms. The van der Waals surface area contributed by atoms with Crippen LogP contribution in [0.15, 0.2) is 46.3 Å². The number of pyridine rings is 1. The number of hydrogen-bond acceptors (Lipinski definition) is 4. The molecule has 0 amide bonds. The summed E-state index contributed by atoms with van der Waals surface area (Å²) in [5.74, 6) is -0.232. The molecule has 2 rings (SSSR count). The van der Waals surface area contributed by atoms with E-state index in [9.17, 15) is 9.90 Å². The van der Waals surface area contributed by atoms with Crippen LogP contribution in [0, 0.1) is 0 Å². The normalized spacial score (nSPS) is 11.5. The van der Waals surface area contributed by atoms with Crippen LogP contribution in [0.1, 0.15) is 33.6 Å². The Hall–Kier alpha value is -2.69. The molecular weight excluding hydrogens is 304 g/mol. The summed E-state index contributed by atoms with van der Waals surface area (Å²) in [6, 6.07) is 4.92. The topological polar surface area (TPSA) is 88.3 Å². The molecule has 0 radical (unpaired) electrons. The molecule has 128 valence electrons. The first-order chi connectivity index (χ1) is 11.4. The van der Waals surface area contributed by atoms with Gasteiger partial charge in [-0.2, -0.15) is 0 Å². The lowest BCUT2D eigenvalue weighted by Crippen LogP contribution is -2.12. The van der Waals surface area contributed by atoms with Gasteiger partial charge >= 0.3 is 0 Å². The van der Waals surface area contributed by atoms with Gasteiger partial charge in [-0.3, -0.25) is 4.79 Å². The van der Waals surface area contributed by atoms with E-state index in [1.807, 2.05) is 13.0 Å². The van der Waals surface area contributed by atoms with Crippen molar-refractivity contribution in [2.24, 2.45) is 0 Å². The average molecular weight is 328 g/mol. The minimum Gasteiger partial charge on any atom is -0.504 e. The summed E-state index contributed by atoms with van der Waals surface area (Å²) in [7, 11) is 0. The van der Waals surface area contributed by atoms with Crippen LogP contribution in [0.5, 0.6) is 11.5 Å². The molecule has 0 unspecified atom stereocenters. The highest BCUT2D eigenvalue weighted by Crippen LogP contribution is 2.30. The minimum absolute atomic E-state index is 0.0689. The fourth-order valence-corrected chi connectivity index (χ4v) is 2.37. The Labute approximate surface area is 141 Å². The fourth-order valence-electron chi connectivity index (χ4n) is 2.37. The number of rotatable bonds is 6. The van der Waals surface area contributed by atoms with Crippen molar-refractivity contribution in [1.29, 1.82) is 0 Å². The highest BCUT2D eigenvalue weighted by Gasteiger charge is 2.12. The summed E-state index contributed by atoms with van der Waals surface area (Å²) in [5, 5.41) is 10.8. The summed E-state index contributed by atoms with van der Waals surface area (Å²) in [6.45, 7) is 6.41. The van der Waals surface area contributed by atoms with Crippen molar-refractivity contribution in [2.45, 2.75) is 33.6 Å². The second kappa shape index (κ2) is 7.73.